The minimum atomic E-state index is -0.924. The molecule has 0 bridgehead atoms. The van der Waals surface area contributed by atoms with Crippen LogP contribution in [-0.2, 0) is 4.79 Å². The average molecular weight is 200 g/mol. The van der Waals surface area contributed by atoms with Crippen molar-refractivity contribution in [3.8, 4) is 0 Å². The molecular formula is C10H17FN2O. The first-order valence-electron chi connectivity index (χ1n) is 5.18. The fourth-order valence-electron chi connectivity index (χ4n) is 2.07. The molecule has 0 aromatic rings. The number of amides is 1. The maximum atomic E-state index is 13.0. The van der Waals surface area contributed by atoms with Crippen LogP contribution in [-0.4, -0.2) is 43.2 Å². The highest BCUT2D eigenvalue weighted by Gasteiger charge is 2.58. The van der Waals surface area contributed by atoms with Crippen molar-refractivity contribution in [2.75, 3.05) is 20.1 Å². The molecule has 1 heterocycles. The summed E-state index contributed by atoms with van der Waals surface area (Å²) in [5.41, 5.74) is -0.711. The van der Waals surface area contributed by atoms with Crippen LogP contribution in [0.3, 0.4) is 0 Å². The SMILES string of the molecule is CN(C(=O)C1(C)CC1F)C1CCNC1. The van der Waals surface area contributed by atoms with Gasteiger partial charge >= 0.3 is 0 Å². The molecule has 1 aliphatic heterocycles. The Labute approximate surface area is 83.6 Å². The lowest BCUT2D eigenvalue weighted by Crippen LogP contribution is -2.42. The fourth-order valence-corrected chi connectivity index (χ4v) is 2.07. The molecule has 1 aliphatic carbocycles. The van der Waals surface area contributed by atoms with Crippen LogP contribution >= 0.6 is 0 Å². The third-order valence-electron chi connectivity index (χ3n) is 3.53. The molecule has 3 nitrogen and oxygen atoms in total. The van der Waals surface area contributed by atoms with E-state index in [-0.39, 0.29) is 11.9 Å². The monoisotopic (exact) mass is 200 g/mol. The Morgan fingerprint density at radius 1 is 1.64 bits per heavy atom. The van der Waals surface area contributed by atoms with E-state index in [1.54, 1.807) is 18.9 Å². The molecule has 0 aromatic heterocycles. The van der Waals surface area contributed by atoms with Gasteiger partial charge in [-0.25, -0.2) is 4.39 Å². The lowest BCUT2D eigenvalue weighted by atomic mass is 10.1. The number of halogens is 1. The van der Waals surface area contributed by atoms with Crippen molar-refractivity contribution < 1.29 is 9.18 Å². The molecule has 1 saturated carbocycles. The number of likely N-dealkylation sites (N-methyl/N-ethyl adjacent to an activating group) is 1. The number of carbonyl (C=O) groups is 1. The van der Waals surface area contributed by atoms with Crippen molar-refractivity contribution in [2.45, 2.75) is 32.0 Å². The molecule has 3 unspecified atom stereocenters. The van der Waals surface area contributed by atoms with Gasteiger partial charge in [0.05, 0.1) is 5.41 Å². The van der Waals surface area contributed by atoms with Crippen LogP contribution in [0.25, 0.3) is 0 Å². The molecule has 80 valence electrons. The van der Waals surface area contributed by atoms with E-state index in [9.17, 15) is 9.18 Å². The Kier molecular flexibility index (Phi) is 2.26. The second-order valence-corrected chi connectivity index (χ2v) is 4.65. The minimum Gasteiger partial charge on any atom is -0.341 e. The molecule has 2 rings (SSSR count). The van der Waals surface area contributed by atoms with E-state index in [1.165, 1.54) is 0 Å². The molecule has 0 spiro atoms. The highest BCUT2D eigenvalue weighted by Crippen LogP contribution is 2.49. The Hall–Kier alpha value is -0.640. The van der Waals surface area contributed by atoms with Crippen LogP contribution in [0.5, 0.6) is 0 Å². The van der Waals surface area contributed by atoms with Crippen molar-refractivity contribution >= 4 is 5.91 Å². The number of rotatable bonds is 2. The predicted molar refractivity (Wildman–Crippen MR) is 51.7 cm³/mol. The zero-order valence-electron chi connectivity index (χ0n) is 8.72. The normalized spacial score (nSPS) is 41.1. The van der Waals surface area contributed by atoms with Crippen molar-refractivity contribution in [1.82, 2.24) is 10.2 Å². The van der Waals surface area contributed by atoms with E-state index in [1.807, 2.05) is 0 Å². The standard InChI is InChI=1S/C10H17FN2O/c1-10(5-8(10)11)9(14)13(2)7-3-4-12-6-7/h7-8,12H,3-6H2,1-2H3. The van der Waals surface area contributed by atoms with E-state index < -0.39 is 11.6 Å². The number of carbonyl (C=O) groups excluding carboxylic acids is 1. The number of hydrogen-bond donors (Lipinski definition) is 1. The van der Waals surface area contributed by atoms with Crippen LogP contribution < -0.4 is 5.32 Å². The van der Waals surface area contributed by atoms with Gasteiger partial charge in [0.25, 0.3) is 0 Å². The summed E-state index contributed by atoms with van der Waals surface area (Å²) < 4.78 is 13.0. The van der Waals surface area contributed by atoms with Crippen molar-refractivity contribution in [3.05, 3.63) is 0 Å². The minimum absolute atomic E-state index is 0.0290. The molecule has 2 fully saturated rings. The van der Waals surface area contributed by atoms with Crippen LogP contribution in [0.15, 0.2) is 0 Å². The van der Waals surface area contributed by atoms with Gasteiger partial charge in [-0.2, -0.15) is 0 Å². The summed E-state index contributed by atoms with van der Waals surface area (Å²) in [6, 6.07) is 0.257. The third kappa shape index (κ3) is 1.41. The van der Waals surface area contributed by atoms with Crippen LogP contribution in [0.1, 0.15) is 19.8 Å². The van der Waals surface area contributed by atoms with Gasteiger partial charge < -0.3 is 10.2 Å². The third-order valence-corrected chi connectivity index (χ3v) is 3.53. The summed E-state index contributed by atoms with van der Waals surface area (Å²) in [7, 11) is 1.79. The summed E-state index contributed by atoms with van der Waals surface area (Å²) in [4.78, 5) is 13.6. The Balaban J connectivity index is 1.97. The van der Waals surface area contributed by atoms with Crippen molar-refractivity contribution in [1.29, 1.82) is 0 Å². The zero-order valence-corrected chi connectivity index (χ0v) is 8.72. The van der Waals surface area contributed by atoms with Gasteiger partial charge in [-0.05, 0) is 26.3 Å². The van der Waals surface area contributed by atoms with Crippen molar-refractivity contribution in [2.24, 2.45) is 5.41 Å². The van der Waals surface area contributed by atoms with E-state index in [0.717, 1.165) is 19.5 Å². The maximum absolute atomic E-state index is 13.0. The largest absolute Gasteiger partial charge is 0.341 e. The number of alkyl halides is 1. The van der Waals surface area contributed by atoms with Crippen molar-refractivity contribution in [3.63, 3.8) is 0 Å². The van der Waals surface area contributed by atoms with Crippen LogP contribution in [0.2, 0.25) is 0 Å². The summed E-state index contributed by atoms with van der Waals surface area (Å²) >= 11 is 0. The van der Waals surface area contributed by atoms with Gasteiger partial charge in [-0.1, -0.05) is 0 Å². The predicted octanol–water partition coefficient (Wildman–Crippen LogP) is 0.555. The summed E-state index contributed by atoms with van der Waals surface area (Å²) in [5, 5.41) is 3.20. The first kappa shape index (κ1) is 9.90. The molecule has 0 radical (unpaired) electrons. The molecule has 1 N–H and O–H groups in total. The molecule has 1 saturated heterocycles. The lowest BCUT2D eigenvalue weighted by Gasteiger charge is -2.26. The van der Waals surface area contributed by atoms with E-state index in [4.69, 9.17) is 0 Å². The number of hydrogen-bond acceptors (Lipinski definition) is 2. The topological polar surface area (TPSA) is 32.3 Å². The second kappa shape index (κ2) is 3.19. The van der Waals surface area contributed by atoms with E-state index in [2.05, 4.69) is 5.32 Å². The number of nitrogens with zero attached hydrogens (tertiary/aromatic N) is 1. The Morgan fingerprint density at radius 3 is 2.71 bits per heavy atom. The van der Waals surface area contributed by atoms with E-state index in [0.29, 0.717) is 6.42 Å². The van der Waals surface area contributed by atoms with Crippen LogP contribution in [0, 0.1) is 5.41 Å². The van der Waals surface area contributed by atoms with Gasteiger partial charge in [-0.3, -0.25) is 4.79 Å². The van der Waals surface area contributed by atoms with Gasteiger partial charge in [0.15, 0.2) is 0 Å². The first-order chi connectivity index (χ1) is 6.55. The van der Waals surface area contributed by atoms with Crippen LogP contribution in [0.4, 0.5) is 4.39 Å². The summed E-state index contributed by atoms with van der Waals surface area (Å²) in [6.45, 7) is 3.52. The number of nitrogens with one attached hydrogen (secondary N) is 1. The quantitative estimate of drug-likeness (QED) is 0.706. The average Bonchev–Trinajstić information content (AvgIpc) is 2.64. The first-order valence-corrected chi connectivity index (χ1v) is 5.18. The Bertz CT molecular complexity index is 253. The van der Waals surface area contributed by atoms with Gasteiger partial charge in [0.1, 0.15) is 6.17 Å². The lowest BCUT2D eigenvalue weighted by molar-refractivity contribution is -0.137. The molecule has 2 aliphatic rings. The zero-order chi connectivity index (χ0) is 10.3. The molecule has 14 heavy (non-hydrogen) atoms. The molecule has 1 amide bonds. The fraction of sp³-hybridized carbons (Fsp3) is 0.900. The summed E-state index contributed by atoms with van der Waals surface area (Å²) in [6.07, 6.45) is 0.456. The molecule has 3 atom stereocenters. The Morgan fingerprint density at radius 2 is 2.29 bits per heavy atom. The molecule has 0 aromatic carbocycles. The smallest absolute Gasteiger partial charge is 0.231 e. The highest BCUT2D eigenvalue weighted by molar-refractivity contribution is 5.86. The molecule has 4 heteroatoms. The second-order valence-electron chi connectivity index (χ2n) is 4.65. The van der Waals surface area contributed by atoms with Gasteiger partial charge in [0, 0.05) is 19.6 Å². The van der Waals surface area contributed by atoms with Gasteiger partial charge in [-0.15, -0.1) is 0 Å². The summed E-state index contributed by atoms with van der Waals surface area (Å²) in [5.74, 6) is -0.0290. The highest BCUT2D eigenvalue weighted by atomic mass is 19.1. The van der Waals surface area contributed by atoms with E-state index >= 15 is 0 Å². The molecular weight excluding hydrogens is 183 g/mol. The van der Waals surface area contributed by atoms with Gasteiger partial charge in [0.2, 0.25) is 5.91 Å². The maximum Gasteiger partial charge on any atom is 0.231 e.